The minimum Gasteiger partial charge on any atom is -0.337 e. The molecule has 0 aliphatic carbocycles. The highest BCUT2D eigenvalue weighted by Gasteiger charge is 2.21. The van der Waals surface area contributed by atoms with Gasteiger partial charge in [0.1, 0.15) is 5.82 Å². The number of rotatable bonds is 2. The molecule has 1 unspecified atom stereocenters. The van der Waals surface area contributed by atoms with Crippen molar-refractivity contribution in [3.63, 3.8) is 0 Å². The van der Waals surface area contributed by atoms with E-state index >= 15 is 0 Å². The van der Waals surface area contributed by atoms with E-state index < -0.39 is 0 Å². The Balaban J connectivity index is 1.85. The van der Waals surface area contributed by atoms with Crippen LogP contribution in [0.2, 0.25) is 0 Å². The van der Waals surface area contributed by atoms with Crippen LogP contribution in [0.5, 0.6) is 0 Å². The number of nitrogens with one attached hydrogen (secondary N) is 1. The molecule has 2 heterocycles. The first-order chi connectivity index (χ1) is 9.74. The van der Waals surface area contributed by atoms with E-state index in [2.05, 4.69) is 15.5 Å². The zero-order chi connectivity index (χ0) is 13.9. The average molecular weight is 275 g/mol. The normalized spacial score (nSPS) is 19.8. The molecule has 20 heavy (non-hydrogen) atoms. The number of aryl methyl sites for hydroxylation is 1. The van der Waals surface area contributed by atoms with Gasteiger partial charge in [0.15, 0.2) is 0 Å². The highest BCUT2D eigenvalue weighted by atomic mass is 19.1. The first-order valence-corrected chi connectivity index (χ1v) is 7.07. The highest BCUT2D eigenvalue weighted by Crippen LogP contribution is 2.25. The molecule has 1 aromatic heterocycles. The zero-order valence-corrected chi connectivity index (χ0v) is 11.5. The molecular formula is C15H18FN3O. The molecule has 2 aromatic rings. The van der Waals surface area contributed by atoms with Gasteiger partial charge in [0.2, 0.25) is 11.7 Å². The summed E-state index contributed by atoms with van der Waals surface area (Å²) in [7, 11) is 0. The molecule has 1 aromatic carbocycles. The quantitative estimate of drug-likeness (QED) is 0.912. The van der Waals surface area contributed by atoms with Crippen molar-refractivity contribution in [1.29, 1.82) is 0 Å². The van der Waals surface area contributed by atoms with Gasteiger partial charge in [-0.1, -0.05) is 18.0 Å². The molecule has 1 atom stereocenters. The Bertz CT molecular complexity index is 589. The summed E-state index contributed by atoms with van der Waals surface area (Å²) in [5.41, 5.74) is 1.63. The predicted molar refractivity (Wildman–Crippen MR) is 73.6 cm³/mol. The molecule has 3 rings (SSSR count). The van der Waals surface area contributed by atoms with E-state index in [1.807, 2.05) is 6.92 Å². The van der Waals surface area contributed by atoms with E-state index in [-0.39, 0.29) is 11.9 Å². The van der Waals surface area contributed by atoms with Crippen LogP contribution in [0.1, 0.15) is 43.2 Å². The first kappa shape index (κ1) is 13.2. The molecule has 0 spiro atoms. The summed E-state index contributed by atoms with van der Waals surface area (Å²) in [4.78, 5) is 4.47. The van der Waals surface area contributed by atoms with E-state index in [0.29, 0.717) is 11.7 Å². The van der Waals surface area contributed by atoms with E-state index in [0.717, 1.165) is 24.1 Å². The second-order valence-corrected chi connectivity index (χ2v) is 5.27. The maximum Gasteiger partial charge on any atom is 0.244 e. The van der Waals surface area contributed by atoms with Crippen LogP contribution in [0.25, 0.3) is 11.4 Å². The summed E-state index contributed by atoms with van der Waals surface area (Å²) in [6, 6.07) is 4.73. The second kappa shape index (κ2) is 5.71. The monoisotopic (exact) mass is 275 g/mol. The van der Waals surface area contributed by atoms with Crippen LogP contribution >= 0.6 is 0 Å². The second-order valence-electron chi connectivity index (χ2n) is 5.27. The number of halogens is 1. The highest BCUT2D eigenvalue weighted by molar-refractivity contribution is 5.59. The fourth-order valence-corrected chi connectivity index (χ4v) is 2.60. The van der Waals surface area contributed by atoms with Crippen LogP contribution in [0.4, 0.5) is 4.39 Å². The number of benzene rings is 1. The van der Waals surface area contributed by atoms with Gasteiger partial charge in [-0.05, 0) is 50.1 Å². The van der Waals surface area contributed by atoms with E-state index in [1.165, 1.54) is 31.4 Å². The Kier molecular flexibility index (Phi) is 3.78. The Morgan fingerprint density at radius 3 is 3.05 bits per heavy atom. The molecule has 106 valence electrons. The summed E-state index contributed by atoms with van der Waals surface area (Å²) in [6.07, 6.45) is 4.62. The third-order valence-electron chi connectivity index (χ3n) is 3.73. The lowest BCUT2D eigenvalue weighted by Crippen LogP contribution is -2.20. The third-order valence-corrected chi connectivity index (χ3v) is 3.73. The first-order valence-electron chi connectivity index (χ1n) is 7.07. The van der Waals surface area contributed by atoms with Crippen molar-refractivity contribution in [3.05, 3.63) is 35.5 Å². The molecular weight excluding hydrogens is 257 g/mol. The topological polar surface area (TPSA) is 51.0 Å². The van der Waals surface area contributed by atoms with Crippen molar-refractivity contribution in [3.8, 4) is 11.4 Å². The predicted octanol–water partition coefficient (Wildman–Crippen LogP) is 3.39. The molecule has 0 amide bonds. The Morgan fingerprint density at radius 2 is 2.20 bits per heavy atom. The number of aromatic nitrogens is 2. The Morgan fingerprint density at radius 1 is 1.30 bits per heavy atom. The van der Waals surface area contributed by atoms with Gasteiger partial charge in [-0.2, -0.15) is 4.98 Å². The van der Waals surface area contributed by atoms with Crippen LogP contribution in [0.15, 0.2) is 22.7 Å². The van der Waals surface area contributed by atoms with Gasteiger partial charge in [0, 0.05) is 5.56 Å². The van der Waals surface area contributed by atoms with Gasteiger partial charge in [-0.15, -0.1) is 0 Å². The van der Waals surface area contributed by atoms with E-state index in [4.69, 9.17) is 4.52 Å². The lowest BCUT2D eigenvalue weighted by Gasteiger charge is -2.09. The maximum atomic E-state index is 13.1. The van der Waals surface area contributed by atoms with Crippen LogP contribution in [0, 0.1) is 12.7 Å². The Hall–Kier alpha value is -1.75. The van der Waals surface area contributed by atoms with Crippen molar-refractivity contribution in [2.75, 3.05) is 6.54 Å². The molecule has 1 aliphatic heterocycles. The smallest absolute Gasteiger partial charge is 0.244 e. The van der Waals surface area contributed by atoms with E-state index in [9.17, 15) is 4.39 Å². The van der Waals surface area contributed by atoms with Crippen LogP contribution in [-0.2, 0) is 0 Å². The van der Waals surface area contributed by atoms with Crippen molar-refractivity contribution in [1.82, 2.24) is 15.5 Å². The van der Waals surface area contributed by atoms with Gasteiger partial charge in [0.05, 0.1) is 6.04 Å². The minimum absolute atomic E-state index is 0.138. The van der Waals surface area contributed by atoms with Gasteiger partial charge >= 0.3 is 0 Å². The molecule has 1 aliphatic rings. The SMILES string of the molecule is Cc1cc(F)ccc1-c1noc(C2CCCCCN2)n1. The summed E-state index contributed by atoms with van der Waals surface area (Å²) in [5.74, 6) is 0.912. The third kappa shape index (κ3) is 2.72. The van der Waals surface area contributed by atoms with Crippen LogP contribution in [-0.4, -0.2) is 16.7 Å². The lowest BCUT2D eigenvalue weighted by atomic mass is 10.1. The summed E-state index contributed by atoms with van der Waals surface area (Å²) in [5, 5.41) is 7.46. The molecule has 1 saturated heterocycles. The lowest BCUT2D eigenvalue weighted by molar-refractivity contribution is 0.327. The molecule has 1 N–H and O–H groups in total. The van der Waals surface area contributed by atoms with Crippen molar-refractivity contribution in [2.24, 2.45) is 0 Å². The number of hydrogen-bond acceptors (Lipinski definition) is 4. The van der Waals surface area contributed by atoms with Crippen molar-refractivity contribution < 1.29 is 8.91 Å². The number of hydrogen-bond donors (Lipinski definition) is 1. The molecule has 0 radical (unpaired) electrons. The van der Waals surface area contributed by atoms with Gasteiger partial charge < -0.3 is 9.84 Å². The average Bonchev–Trinajstić information content (AvgIpc) is 2.74. The number of nitrogens with zero attached hydrogens (tertiary/aromatic N) is 2. The van der Waals surface area contributed by atoms with Crippen LogP contribution in [0.3, 0.4) is 0 Å². The fraction of sp³-hybridized carbons (Fsp3) is 0.467. The van der Waals surface area contributed by atoms with Gasteiger partial charge in [0.25, 0.3) is 0 Å². The van der Waals surface area contributed by atoms with E-state index in [1.54, 1.807) is 6.07 Å². The summed E-state index contributed by atoms with van der Waals surface area (Å²) in [6.45, 7) is 2.83. The van der Waals surface area contributed by atoms with Gasteiger partial charge in [-0.3, -0.25) is 0 Å². The molecule has 1 fully saturated rings. The summed E-state index contributed by atoms with van der Waals surface area (Å²) < 4.78 is 18.5. The van der Waals surface area contributed by atoms with Crippen molar-refractivity contribution >= 4 is 0 Å². The molecule has 4 nitrogen and oxygen atoms in total. The van der Waals surface area contributed by atoms with Crippen LogP contribution < -0.4 is 5.32 Å². The minimum atomic E-state index is -0.250. The van der Waals surface area contributed by atoms with Crippen molar-refractivity contribution in [2.45, 2.75) is 38.6 Å². The summed E-state index contributed by atoms with van der Waals surface area (Å²) >= 11 is 0. The van der Waals surface area contributed by atoms with Gasteiger partial charge in [-0.25, -0.2) is 4.39 Å². The fourth-order valence-electron chi connectivity index (χ4n) is 2.60. The zero-order valence-electron chi connectivity index (χ0n) is 11.5. The molecule has 5 heteroatoms. The largest absolute Gasteiger partial charge is 0.337 e. The molecule has 0 bridgehead atoms. The standard InChI is InChI=1S/C15H18FN3O/c1-10-9-11(16)6-7-12(10)14-18-15(20-19-14)13-5-3-2-4-8-17-13/h6-7,9,13,17H,2-5,8H2,1H3. The Labute approximate surface area is 117 Å². The maximum absolute atomic E-state index is 13.1. The molecule has 0 saturated carbocycles.